The van der Waals surface area contributed by atoms with Crippen LogP contribution in [0.3, 0.4) is 0 Å². The number of pyridine rings is 1. The normalized spacial score (nSPS) is 19.3. The first-order valence-electron chi connectivity index (χ1n) is 11.7. The molecule has 6 nitrogen and oxygen atoms in total. The van der Waals surface area contributed by atoms with Crippen LogP contribution in [0.1, 0.15) is 58.3 Å². The van der Waals surface area contributed by atoms with Crippen molar-refractivity contribution in [2.45, 2.75) is 64.4 Å². The van der Waals surface area contributed by atoms with Crippen molar-refractivity contribution in [2.24, 2.45) is 4.99 Å². The SMILES string of the molecule is CCNC(=NCCCCOC1CCCCCC1)N1CCN(c2ccccn2)CC1. The molecule has 2 heterocycles. The summed E-state index contributed by atoms with van der Waals surface area (Å²) in [5.41, 5.74) is 0. The van der Waals surface area contributed by atoms with E-state index in [1.807, 2.05) is 12.3 Å². The van der Waals surface area contributed by atoms with Gasteiger partial charge < -0.3 is 19.9 Å². The van der Waals surface area contributed by atoms with E-state index >= 15 is 0 Å². The second-order valence-corrected chi connectivity index (χ2v) is 8.09. The maximum absolute atomic E-state index is 6.10. The van der Waals surface area contributed by atoms with Crippen LogP contribution in [0, 0.1) is 0 Å². The maximum Gasteiger partial charge on any atom is 0.194 e. The van der Waals surface area contributed by atoms with Crippen LogP contribution in [0.15, 0.2) is 29.4 Å². The average molecular weight is 402 g/mol. The Morgan fingerprint density at radius 3 is 2.59 bits per heavy atom. The van der Waals surface area contributed by atoms with Gasteiger partial charge in [-0.3, -0.25) is 4.99 Å². The highest BCUT2D eigenvalue weighted by atomic mass is 16.5. The number of piperazine rings is 1. The molecule has 1 aromatic heterocycles. The van der Waals surface area contributed by atoms with Gasteiger partial charge in [-0.15, -0.1) is 0 Å². The number of aliphatic imine (C=N–C) groups is 1. The van der Waals surface area contributed by atoms with Crippen molar-refractivity contribution in [3.05, 3.63) is 24.4 Å². The molecule has 0 unspecified atom stereocenters. The molecule has 0 atom stereocenters. The molecule has 1 aromatic rings. The molecule has 6 heteroatoms. The number of hydrogen-bond acceptors (Lipinski definition) is 4. The Kier molecular flexibility index (Phi) is 9.57. The van der Waals surface area contributed by atoms with Gasteiger partial charge in [0.1, 0.15) is 5.82 Å². The van der Waals surface area contributed by atoms with Gasteiger partial charge in [0.15, 0.2) is 5.96 Å². The summed E-state index contributed by atoms with van der Waals surface area (Å²) in [6.45, 7) is 8.73. The monoisotopic (exact) mass is 401 g/mol. The molecular formula is C23H39N5O. The lowest BCUT2D eigenvalue weighted by Gasteiger charge is -2.37. The fraction of sp³-hybridized carbons (Fsp3) is 0.739. The molecule has 2 fully saturated rings. The molecule has 1 aliphatic heterocycles. The molecule has 1 N–H and O–H groups in total. The number of aromatic nitrogens is 1. The minimum Gasteiger partial charge on any atom is -0.378 e. The predicted molar refractivity (Wildman–Crippen MR) is 121 cm³/mol. The maximum atomic E-state index is 6.10. The standard InChI is InChI=1S/C23H39N5O/c1-2-24-23(26-15-9-10-20-29-21-11-5-3-4-6-12-21)28-18-16-27(17-19-28)22-13-7-8-14-25-22/h7-8,13-14,21H,2-6,9-12,15-20H2,1H3,(H,24,26). The van der Waals surface area contributed by atoms with Crippen LogP contribution in [0.4, 0.5) is 5.82 Å². The van der Waals surface area contributed by atoms with Gasteiger partial charge in [0.25, 0.3) is 0 Å². The van der Waals surface area contributed by atoms with Gasteiger partial charge in [-0.2, -0.15) is 0 Å². The molecule has 0 aromatic carbocycles. The second-order valence-electron chi connectivity index (χ2n) is 8.09. The molecule has 0 spiro atoms. The van der Waals surface area contributed by atoms with E-state index in [-0.39, 0.29) is 0 Å². The summed E-state index contributed by atoms with van der Waals surface area (Å²) in [6, 6.07) is 6.11. The number of anilines is 1. The first kappa shape index (κ1) is 21.9. The minimum atomic E-state index is 0.508. The Labute approximate surface area is 176 Å². The summed E-state index contributed by atoms with van der Waals surface area (Å²) in [5, 5.41) is 3.47. The highest BCUT2D eigenvalue weighted by Gasteiger charge is 2.20. The van der Waals surface area contributed by atoms with Gasteiger partial charge in [-0.05, 0) is 44.7 Å². The predicted octanol–water partition coefficient (Wildman–Crippen LogP) is 3.69. The largest absolute Gasteiger partial charge is 0.378 e. The highest BCUT2D eigenvalue weighted by molar-refractivity contribution is 5.80. The number of rotatable bonds is 8. The van der Waals surface area contributed by atoms with Crippen molar-refractivity contribution in [2.75, 3.05) is 50.8 Å². The molecular weight excluding hydrogens is 362 g/mol. The van der Waals surface area contributed by atoms with E-state index in [0.29, 0.717) is 6.10 Å². The fourth-order valence-corrected chi connectivity index (χ4v) is 4.17. The Morgan fingerprint density at radius 1 is 1.10 bits per heavy atom. The van der Waals surface area contributed by atoms with E-state index in [1.54, 1.807) is 0 Å². The third-order valence-electron chi connectivity index (χ3n) is 5.86. The summed E-state index contributed by atoms with van der Waals surface area (Å²) in [6.07, 6.45) is 12.5. The second kappa shape index (κ2) is 12.7. The zero-order chi connectivity index (χ0) is 20.2. The molecule has 0 amide bonds. The first-order chi connectivity index (χ1) is 14.4. The Morgan fingerprint density at radius 2 is 1.90 bits per heavy atom. The summed E-state index contributed by atoms with van der Waals surface area (Å²) in [7, 11) is 0. The van der Waals surface area contributed by atoms with Gasteiger partial charge in [-0.1, -0.05) is 31.7 Å². The van der Waals surface area contributed by atoms with Crippen molar-refractivity contribution < 1.29 is 4.74 Å². The van der Waals surface area contributed by atoms with E-state index in [1.165, 1.54) is 38.5 Å². The van der Waals surface area contributed by atoms with Gasteiger partial charge in [0.2, 0.25) is 0 Å². The lowest BCUT2D eigenvalue weighted by atomic mass is 10.1. The summed E-state index contributed by atoms with van der Waals surface area (Å²) in [5.74, 6) is 2.13. The smallest absolute Gasteiger partial charge is 0.194 e. The van der Waals surface area contributed by atoms with E-state index < -0.39 is 0 Å². The number of nitrogens with zero attached hydrogens (tertiary/aromatic N) is 4. The molecule has 1 aliphatic carbocycles. The van der Waals surface area contributed by atoms with E-state index in [9.17, 15) is 0 Å². The van der Waals surface area contributed by atoms with Gasteiger partial charge in [0, 0.05) is 52.1 Å². The first-order valence-corrected chi connectivity index (χ1v) is 11.7. The number of nitrogens with one attached hydrogen (secondary N) is 1. The van der Waals surface area contributed by atoms with Crippen molar-refractivity contribution in [1.29, 1.82) is 0 Å². The molecule has 1 saturated heterocycles. The van der Waals surface area contributed by atoms with Crippen LogP contribution in [-0.2, 0) is 4.74 Å². The topological polar surface area (TPSA) is 53.0 Å². The van der Waals surface area contributed by atoms with Crippen molar-refractivity contribution in [3.8, 4) is 0 Å². The molecule has 1 saturated carbocycles. The van der Waals surface area contributed by atoms with Crippen LogP contribution in [0.5, 0.6) is 0 Å². The summed E-state index contributed by atoms with van der Waals surface area (Å²) >= 11 is 0. The molecule has 2 aliphatic rings. The minimum absolute atomic E-state index is 0.508. The van der Waals surface area contributed by atoms with Crippen LogP contribution < -0.4 is 10.2 Å². The fourth-order valence-electron chi connectivity index (χ4n) is 4.17. The Bertz CT molecular complexity index is 578. The van der Waals surface area contributed by atoms with E-state index in [2.05, 4.69) is 39.2 Å². The van der Waals surface area contributed by atoms with Crippen LogP contribution in [0.25, 0.3) is 0 Å². The lowest BCUT2D eigenvalue weighted by molar-refractivity contribution is 0.0412. The molecule has 3 rings (SSSR count). The number of unbranched alkanes of at least 4 members (excludes halogenated alkanes) is 1. The Balaban J connectivity index is 1.36. The third-order valence-corrected chi connectivity index (χ3v) is 5.86. The zero-order valence-corrected chi connectivity index (χ0v) is 18.2. The van der Waals surface area contributed by atoms with Crippen molar-refractivity contribution >= 4 is 11.8 Å². The van der Waals surface area contributed by atoms with Gasteiger partial charge in [0.05, 0.1) is 6.10 Å². The van der Waals surface area contributed by atoms with Crippen LogP contribution in [-0.4, -0.2) is 67.8 Å². The van der Waals surface area contributed by atoms with Crippen molar-refractivity contribution in [1.82, 2.24) is 15.2 Å². The van der Waals surface area contributed by atoms with Crippen LogP contribution >= 0.6 is 0 Å². The average Bonchev–Trinajstić information content (AvgIpc) is 3.05. The van der Waals surface area contributed by atoms with E-state index in [0.717, 1.165) is 70.5 Å². The van der Waals surface area contributed by atoms with Gasteiger partial charge >= 0.3 is 0 Å². The summed E-state index contributed by atoms with van der Waals surface area (Å²) < 4.78 is 6.10. The highest BCUT2D eigenvalue weighted by Crippen LogP contribution is 2.20. The molecule has 29 heavy (non-hydrogen) atoms. The van der Waals surface area contributed by atoms with E-state index in [4.69, 9.17) is 9.73 Å². The third kappa shape index (κ3) is 7.50. The number of guanidine groups is 1. The zero-order valence-electron chi connectivity index (χ0n) is 18.2. The van der Waals surface area contributed by atoms with Crippen molar-refractivity contribution in [3.63, 3.8) is 0 Å². The van der Waals surface area contributed by atoms with Gasteiger partial charge in [-0.25, -0.2) is 4.98 Å². The molecule has 162 valence electrons. The summed E-state index contributed by atoms with van der Waals surface area (Å²) in [4.78, 5) is 14.1. The quantitative estimate of drug-likeness (QED) is 0.312. The lowest BCUT2D eigenvalue weighted by Crippen LogP contribution is -2.52. The number of ether oxygens (including phenoxy) is 1. The van der Waals surface area contributed by atoms with Crippen LogP contribution in [0.2, 0.25) is 0 Å². The molecule has 0 radical (unpaired) electrons. The Hall–Kier alpha value is -1.82. The molecule has 0 bridgehead atoms. The number of hydrogen-bond donors (Lipinski definition) is 1.